The number of hydrogen-bond acceptors (Lipinski definition) is 15. The fourth-order valence-corrected chi connectivity index (χ4v) is 7.37. The Bertz CT molecular complexity index is 1650. The molecule has 2 aliphatic rings. The topological polar surface area (TPSA) is 208 Å². The number of nitrogens with two attached hydrogens (primary N) is 1. The number of benzene rings is 1. The third kappa shape index (κ3) is 6.30. The molecule has 2 unspecified atom stereocenters. The van der Waals surface area contributed by atoms with E-state index in [1.54, 1.807) is 12.1 Å². The summed E-state index contributed by atoms with van der Waals surface area (Å²) in [5.74, 6) is -2.88. The third-order valence-corrected chi connectivity index (χ3v) is 9.83. The molecular formula is C26H25N5O9S3. The molecule has 43 heavy (non-hydrogen) atoms. The normalized spacial score (nSPS) is 19.3. The first kappa shape index (κ1) is 30.7. The molecule has 4 heterocycles. The molecule has 0 saturated carbocycles. The number of thioether (sulfide) groups is 2. The Hall–Kier alpha value is -3.77. The molecule has 0 radical (unpaired) electrons. The summed E-state index contributed by atoms with van der Waals surface area (Å²) in [6.45, 7) is 2.58. The van der Waals surface area contributed by atoms with E-state index in [0.29, 0.717) is 21.4 Å². The fourth-order valence-electron chi connectivity index (χ4n) is 4.44. The van der Waals surface area contributed by atoms with Crippen LogP contribution >= 0.6 is 35.1 Å². The number of esters is 1. The van der Waals surface area contributed by atoms with Gasteiger partial charge in [-0.15, -0.1) is 11.8 Å². The first-order chi connectivity index (χ1) is 20.6. The highest BCUT2D eigenvalue weighted by atomic mass is 32.2. The minimum atomic E-state index is -1.75. The van der Waals surface area contributed by atoms with Crippen LogP contribution in [0.3, 0.4) is 0 Å². The summed E-state index contributed by atoms with van der Waals surface area (Å²) in [5, 5.41) is 12.7. The lowest BCUT2D eigenvalue weighted by molar-refractivity contribution is -0.154. The Kier molecular flexibility index (Phi) is 9.16. The van der Waals surface area contributed by atoms with E-state index in [4.69, 9.17) is 19.3 Å². The highest BCUT2D eigenvalue weighted by Crippen LogP contribution is 2.42. The lowest BCUT2D eigenvalue weighted by atomic mass is 9.95. The number of amides is 2. The van der Waals surface area contributed by atoms with Gasteiger partial charge in [0.05, 0.1) is 6.04 Å². The monoisotopic (exact) mass is 647 g/mol. The average molecular weight is 648 g/mol. The molecule has 4 atom stereocenters. The van der Waals surface area contributed by atoms with E-state index < -0.39 is 59.6 Å². The Morgan fingerprint density at radius 1 is 1.28 bits per heavy atom. The van der Waals surface area contributed by atoms with Crippen molar-refractivity contribution >= 4 is 58.6 Å². The lowest BCUT2D eigenvalue weighted by Gasteiger charge is -2.49. The number of Topliss-reactive ketones (excluding diaryl/α,β-unsaturated/α-hetero) is 1. The van der Waals surface area contributed by atoms with E-state index >= 15 is 0 Å². The van der Waals surface area contributed by atoms with Crippen LogP contribution in [0.15, 0.2) is 59.8 Å². The number of ketones is 1. The number of aliphatic hydroxyl groups is 1. The van der Waals surface area contributed by atoms with Gasteiger partial charge in [0.15, 0.2) is 34.4 Å². The van der Waals surface area contributed by atoms with Crippen LogP contribution in [0.4, 0.5) is 0 Å². The SMILES string of the molecule is Cc1oc(=O)oc1COC(=O)C1=C(CSc2ncns2)CS[C@H]2C(NC(=O)C(O)c3ccccc3C(=O)[C@H](C)N)C(=O)N12. The van der Waals surface area contributed by atoms with Crippen molar-refractivity contribution in [2.45, 2.75) is 48.4 Å². The van der Waals surface area contributed by atoms with Crippen LogP contribution in [0, 0.1) is 6.92 Å². The van der Waals surface area contributed by atoms with Crippen LogP contribution in [0.2, 0.25) is 0 Å². The van der Waals surface area contributed by atoms with E-state index in [9.17, 15) is 29.1 Å². The number of carbonyl (C=O) groups excluding carboxylic acids is 4. The van der Waals surface area contributed by atoms with Gasteiger partial charge >= 0.3 is 11.8 Å². The predicted molar refractivity (Wildman–Crippen MR) is 154 cm³/mol. The second-order valence-electron chi connectivity index (χ2n) is 9.50. The highest BCUT2D eigenvalue weighted by Gasteiger charge is 2.54. The van der Waals surface area contributed by atoms with Gasteiger partial charge in [0.1, 0.15) is 23.4 Å². The van der Waals surface area contributed by atoms with Crippen LogP contribution in [0.5, 0.6) is 0 Å². The van der Waals surface area contributed by atoms with Gasteiger partial charge in [0, 0.05) is 22.6 Å². The summed E-state index contributed by atoms with van der Waals surface area (Å²) >= 11 is 3.85. The minimum absolute atomic E-state index is 0.00758. The Morgan fingerprint density at radius 2 is 2.05 bits per heavy atom. The molecule has 5 rings (SSSR count). The largest absolute Gasteiger partial charge is 0.519 e. The standard InChI is InChI=1S/C26H25N5O9S3/c1-11(27)19(32)14-5-3-4-6-15(14)20(33)21(34)30-17-22(35)31-18(24(36)38-7-16-12(2)39-26(37)40-16)13(8-41-23(17)31)9-42-25-28-10-29-43-25/h3-6,10-11,17,20,23,33H,7-9,27H2,1-2H3,(H,30,34)/t11-,17?,20?,23-/m0/s1. The minimum Gasteiger partial charge on any atom is -0.453 e. The number of nitrogens with zero attached hydrogens (tertiary/aromatic N) is 3. The molecule has 2 aromatic heterocycles. The van der Waals surface area contributed by atoms with Gasteiger partial charge in [-0.1, -0.05) is 36.0 Å². The Labute approximate surface area is 256 Å². The lowest BCUT2D eigenvalue weighted by Crippen LogP contribution is -2.71. The van der Waals surface area contributed by atoms with Gasteiger partial charge in [-0.3, -0.25) is 19.3 Å². The number of β-lactam (4-membered cyclic amide) rings is 1. The van der Waals surface area contributed by atoms with Gasteiger partial charge in [-0.2, -0.15) is 4.37 Å². The van der Waals surface area contributed by atoms with Crippen molar-refractivity contribution in [3.05, 3.63) is 75.1 Å². The van der Waals surface area contributed by atoms with E-state index in [2.05, 4.69) is 14.7 Å². The van der Waals surface area contributed by atoms with Gasteiger partial charge in [-0.05, 0) is 31.0 Å². The molecule has 0 bridgehead atoms. The number of fused-ring (bicyclic) bond motifs is 1. The zero-order valence-corrected chi connectivity index (χ0v) is 25.1. The number of rotatable bonds is 11. The van der Waals surface area contributed by atoms with Crippen molar-refractivity contribution in [2.24, 2.45) is 5.73 Å². The molecule has 17 heteroatoms. The van der Waals surface area contributed by atoms with Crippen molar-refractivity contribution in [3.8, 4) is 0 Å². The number of ether oxygens (including phenoxy) is 1. The van der Waals surface area contributed by atoms with Crippen molar-refractivity contribution in [1.82, 2.24) is 19.6 Å². The molecule has 1 saturated heterocycles. The van der Waals surface area contributed by atoms with E-state index in [-0.39, 0.29) is 28.3 Å². The summed E-state index contributed by atoms with van der Waals surface area (Å²) in [5.41, 5.74) is 6.48. The zero-order chi connectivity index (χ0) is 30.8. The molecule has 226 valence electrons. The Balaban J connectivity index is 1.34. The molecule has 3 aromatic rings. The van der Waals surface area contributed by atoms with Gasteiger partial charge < -0.3 is 29.7 Å². The number of carbonyl (C=O) groups is 4. The third-order valence-electron chi connectivity index (χ3n) is 6.60. The maximum atomic E-state index is 13.4. The van der Waals surface area contributed by atoms with Gasteiger partial charge in [0.2, 0.25) is 0 Å². The van der Waals surface area contributed by atoms with Gasteiger partial charge in [-0.25, -0.2) is 14.6 Å². The van der Waals surface area contributed by atoms with Crippen LogP contribution in [0.1, 0.15) is 40.5 Å². The van der Waals surface area contributed by atoms with E-state index in [0.717, 1.165) is 0 Å². The molecule has 4 N–H and O–H groups in total. The maximum Gasteiger partial charge on any atom is 0.519 e. The summed E-state index contributed by atoms with van der Waals surface area (Å²) in [7, 11) is 0. The summed E-state index contributed by atoms with van der Waals surface area (Å²) < 4.78 is 19.7. The number of aromatic nitrogens is 2. The summed E-state index contributed by atoms with van der Waals surface area (Å²) in [6, 6.07) is 4.15. The second-order valence-corrected chi connectivity index (χ2v) is 12.6. The first-order valence-corrected chi connectivity index (χ1v) is 15.6. The number of nitrogens with one attached hydrogen (secondary N) is 1. The van der Waals surface area contributed by atoms with E-state index in [1.165, 1.54) is 72.3 Å². The number of hydrogen-bond donors (Lipinski definition) is 3. The van der Waals surface area contributed by atoms with Crippen molar-refractivity contribution < 1.29 is 37.9 Å². The maximum absolute atomic E-state index is 13.4. The number of aryl methyl sites for hydroxylation is 1. The van der Waals surface area contributed by atoms with Crippen molar-refractivity contribution in [1.29, 1.82) is 0 Å². The smallest absolute Gasteiger partial charge is 0.453 e. The highest BCUT2D eigenvalue weighted by molar-refractivity contribution is 8.01. The number of aliphatic hydroxyl groups excluding tert-OH is 1. The molecule has 0 aliphatic carbocycles. The summed E-state index contributed by atoms with van der Waals surface area (Å²) in [6.07, 6.45) is -0.338. The van der Waals surface area contributed by atoms with Gasteiger partial charge in [0.25, 0.3) is 11.8 Å². The molecule has 1 aromatic carbocycles. The van der Waals surface area contributed by atoms with Crippen molar-refractivity contribution in [3.63, 3.8) is 0 Å². The van der Waals surface area contributed by atoms with Crippen LogP contribution in [0.25, 0.3) is 0 Å². The predicted octanol–water partition coefficient (Wildman–Crippen LogP) is 1.15. The summed E-state index contributed by atoms with van der Waals surface area (Å²) in [4.78, 5) is 69.1. The van der Waals surface area contributed by atoms with Crippen LogP contribution in [-0.2, 0) is 25.7 Å². The Morgan fingerprint density at radius 3 is 2.72 bits per heavy atom. The molecule has 2 aliphatic heterocycles. The van der Waals surface area contributed by atoms with Crippen molar-refractivity contribution in [2.75, 3.05) is 11.5 Å². The molecule has 1 fully saturated rings. The molecule has 14 nitrogen and oxygen atoms in total. The molecule has 2 amide bonds. The zero-order valence-electron chi connectivity index (χ0n) is 22.7. The fraction of sp³-hybridized carbons (Fsp3) is 0.346. The molecule has 0 spiro atoms. The average Bonchev–Trinajstić information content (AvgIpc) is 3.64. The molecular weight excluding hydrogens is 623 g/mol. The second kappa shape index (κ2) is 12.8. The van der Waals surface area contributed by atoms with Crippen LogP contribution in [-0.4, -0.2) is 71.9 Å². The van der Waals surface area contributed by atoms with E-state index in [1.807, 2.05) is 0 Å². The first-order valence-electron chi connectivity index (χ1n) is 12.8. The van der Waals surface area contributed by atoms with Crippen LogP contribution < -0.4 is 16.9 Å². The quantitative estimate of drug-likeness (QED) is 0.115.